The van der Waals surface area contributed by atoms with Crippen LogP contribution < -0.4 is 11.1 Å². The maximum atomic E-state index is 11.5. The molecular weight excluding hydrogens is 210 g/mol. The van der Waals surface area contributed by atoms with Gasteiger partial charge in [0.25, 0.3) is 0 Å². The van der Waals surface area contributed by atoms with Crippen LogP contribution in [0.4, 0.5) is 0 Å². The van der Waals surface area contributed by atoms with Gasteiger partial charge in [-0.15, -0.1) is 0 Å². The smallest absolute Gasteiger partial charge is 0.227 e. The fraction of sp³-hybridized carbons (Fsp3) is 0.800. The molecule has 0 aromatic heterocycles. The molecular formula is C10H17N3OS. The summed E-state index contributed by atoms with van der Waals surface area (Å²) in [6.45, 7) is 2.30. The van der Waals surface area contributed by atoms with Crippen LogP contribution in [0.2, 0.25) is 0 Å². The van der Waals surface area contributed by atoms with Crippen molar-refractivity contribution in [2.45, 2.75) is 37.8 Å². The Bertz CT molecular complexity index is 282. The molecule has 2 atom stereocenters. The molecule has 0 spiro atoms. The van der Waals surface area contributed by atoms with Gasteiger partial charge in [0, 0.05) is 18.6 Å². The second kappa shape index (κ2) is 4.45. The van der Waals surface area contributed by atoms with Crippen LogP contribution >= 0.6 is 12.2 Å². The second-order valence-electron chi connectivity index (χ2n) is 4.35. The summed E-state index contributed by atoms with van der Waals surface area (Å²) in [5, 5.41) is 3.03. The number of nitrogens with one attached hydrogen (secondary N) is 1. The molecule has 2 aliphatic heterocycles. The molecule has 0 aromatic carbocycles. The summed E-state index contributed by atoms with van der Waals surface area (Å²) in [5.41, 5.74) is 5.33. The maximum absolute atomic E-state index is 11.5. The number of thiocarbonyl (C=S) groups is 1. The Morgan fingerprint density at radius 3 is 3.00 bits per heavy atom. The zero-order valence-electron chi connectivity index (χ0n) is 8.74. The maximum Gasteiger partial charge on any atom is 0.227 e. The monoisotopic (exact) mass is 227 g/mol. The molecule has 0 aromatic rings. The molecule has 0 bridgehead atoms. The van der Waals surface area contributed by atoms with Crippen LogP contribution in [0.1, 0.15) is 25.7 Å². The van der Waals surface area contributed by atoms with Gasteiger partial charge < -0.3 is 11.1 Å². The molecule has 84 valence electrons. The topological polar surface area (TPSA) is 58.4 Å². The highest BCUT2D eigenvalue weighted by Crippen LogP contribution is 2.27. The highest BCUT2D eigenvalue weighted by atomic mass is 32.1. The van der Waals surface area contributed by atoms with E-state index in [0.29, 0.717) is 12.1 Å². The van der Waals surface area contributed by atoms with Crippen molar-refractivity contribution in [3.05, 3.63) is 0 Å². The second-order valence-corrected chi connectivity index (χ2v) is 4.88. The van der Waals surface area contributed by atoms with E-state index in [0.717, 1.165) is 13.0 Å². The lowest BCUT2D eigenvalue weighted by Crippen LogP contribution is -2.43. The summed E-state index contributed by atoms with van der Waals surface area (Å²) < 4.78 is 0. The summed E-state index contributed by atoms with van der Waals surface area (Å²) in [4.78, 5) is 14.2. The van der Waals surface area contributed by atoms with Gasteiger partial charge in [-0.05, 0) is 25.8 Å². The molecule has 2 heterocycles. The van der Waals surface area contributed by atoms with Gasteiger partial charge in [-0.1, -0.05) is 12.2 Å². The molecule has 3 N–H and O–H groups in total. The minimum atomic E-state index is -0.0266. The summed E-state index contributed by atoms with van der Waals surface area (Å²) in [5.74, 6) is -0.0266. The van der Waals surface area contributed by atoms with E-state index in [1.807, 2.05) is 0 Å². The zero-order chi connectivity index (χ0) is 10.8. The minimum absolute atomic E-state index is 0.0266. The van der Waals surface area contributed by atoms with E-state index >= 15 is 0 Å². The van der Waals surface area contributed by atoms with E-state index in [1.54, 1.807) is 0 Å². The highest BCUT2D eigenvalue weighted by molar-refractivity contribution is 7.80. The van der Waals surface area contributed by atoms with Gasteiger partial charge in [0.05, 0.1) is 11.4 Å². The van der Waals surface area contributed by atoms with Crippen molar-refractivity contribution in [1.29, 1.82) is 0 Å². The van der Waals surface area contributed by atoms with Crippen LogP contribution in [0, 0.1) is 0 Å². The fourth-order valence-corrected chi connectivity index (χ4v) is 2.80. The van der Waals surface area contributed by atoms with Crippen molar-refractivity contribution in [2.75, 3.05) is 13.1 Å². The van der Waals surface area contributed by atoms with Gasteiger partial charge in [0.15, 0.2) is 0 Å². The molecule has 1 amide bonds. The molecule has 2 saturated heterocycles. The zero-order valence-corrected chi connectivity index (χ0v) is 9.55. The largest absolute Gasteiger partial charge is 0.393 e. The Morgan fingerprint density at radius 2 is 2.27 bits per heavy atom. The number of carbonyl (C=O) groups is 1. The van der Waals surface area contributed by atoms with Gasteiger partial charge in [-0.3, -0.25) is 9.69 Å². The first kappa shape index (κ1) is 10.8. The first-order chi connectivity index (χ1) is 7.16. The Morgan fingerprint density at radius 1 is 1.47 bits per heavy atom. The Labute approximate surface area is 95.2 Å². The third kappa shape index (κ3) is 2.46. The average Bonchev–Trinajstić information content (AvgIpc) is 2.68. The highest BCUT2D eigenvalue weighted by Gasteiger charge is 2.37. The molecule has 5 heteroatoms. The van der Waals surface area contributed by atoms with Gasteiger partial charge in [0.1, 0.15) is 0 Å². The molecule has 2 rings (SSSR count). The third-order valence-electron chi connectivity index (χ3n) is 3.29. The fourth-order valence-electron chi connectivity index (χ4n) is 2.67. The van der Waals surface area contributed by atoms with Crippen molar-refractivity contribution < 1.29 is 4.79 Å². The van der Waals surface area contributed by atoms with Crippen LogP contribution in [0.25, 0.3) is 0 Å². The van der Waals surface area contributed by atoms with Crippen molar-refractivity contribution in [3.8, 4) is 0 Å². The van der Waals surface area contributed by atoms with Crippen molar-refractivity contribution in [2.24, 2.45) is 5.73 Å². The predicted molar refractivity (Wildman–Crippen MR) is 62.5 cm³/mol. The van der Waals surface area contributed by atoms with Crippen LogP contribution in [0.3, 0.4) is 0 Å². The van der Waals surface area contributed by atoms with E-state index in [-0.39, 0.29) is 17.3 Å². The Balaban J connectivity index is 1.84. The number of hydrogen-bond acceptors (Lipinski definition) is 3. The van der Waals surface area contributed by atoms with E-state index in [9.17, 15) is 4.79 Å². The van der Waals surface area contributed by atoms with E-state index in [4.69, 9.17) is 18.0 Å². The lowest BCUT2D eigenvalue weighted by Gasteiger charge is -2.21. The van der Waals surface area contributed by atoms with E-state index in [2.05, 4.69) is 10.2 Å². The number of nitrogens with zero attached hydrogens (tertiary/aromatic N) is 1. The lowest BCUT2D eigenvalue weighted by atomic mass is 10.1. The molecule has 4 nitrogen and oxygen atoms in total. The first-order valence-corrected chi connectivity index (χ1v) is 5.89. The summed E-state index contributed by atoms with van der Waals surface area (Å²) in [6, 6.07) is 0.870. The lowest BCUT2D eigenvalue weighted by molar-refractivity contribution is -0.120. The summed E-state index contributed by atoms with van der Waals surface area (Å²) in [6.07, 6.45) is 3.71. The van der Waals surface area contributed by atoms with Gasteiger partial charge >= 0.3 is 0 Å². The van der Waals surface area contributed by atoms with Crippen molar-refractivity contribution in [3.63, 3.8) is 0 Å². The number of fused-ring (bicyclic) bond motifs is 1. The standard InChI is InChI=1S/C10H17N3OS/c11-9(15)6-10(14)12-7-3-5-13-4-1-2-8(7)13/h7-8H,1-6H2,(H2,11,15)(H,12,14). The summed E-state index contributed by atoms with van der Waals surface area (Å²) >= 11 is 4.71. The van der Waals surface area contributed by atoms with Gasteiger partial charge in [-0.25, -0.2) is 0 Å². The molecule has 2 fully saturated rings. The van der Waals surface area contributed by atoms with Crippen LogP contribution in [0.5, 0.6) is 0 Å². The SMILES string of the molecule is NC(=S)CC(=O)NC1CCN2CCCC12. The molecule has 0 radical (unpaired) electrons. The number of carbonyl (C=O) groups excluding carboxylic acids is 1. The molecule has 2 aliphatic rings. The normalized spacial score (nSPS) is 30.1. The van der Waals surface area contributed by atoms with Gasteiger partial charge in [-0.2, -0.15) is 0 Å². The molecule has 0 aliphatic carbocycles. The Hall–Kier alpha value is -0.680. The number of amides is 1. The van der Waals surface area contributed by atoms with Crippen LogP contribution in [0.15, 0.2) is 0 Å². The molecule has 0 saturated carbocycles. The Kier molecular flexibility index (Phi) is 3.21. The summed E-state index contributed by atoms with van der Waals surface area (Å²) in [7, 11) is 0. The third-order valence-corrected chi connectivity index (χ3v) is 3.43. The van der Waals surface area contributed by atoms with E-state index < -0.39 is 0 Å². The quantitative estimate of drug-likeness (QED) is 0.667. The molecule has 2 unspecified atom stereocenters. The van der Waals surface area contributed by atoms with E-state index in [1.165, 1.54) is 19.4 Å². The molecule has 15 heavy (non-hydrogen) atoms. The first-order valence-electron chi connectivity index (χ1n) is 5.48. The number of nitrogens with two attached hydrogens (primary N) is 1. The number of hydrogen-bond donors (Lipinski definition) is 2. The van der Waals surface area contributed by atoms with Crippen LogP contribution in [-0.2, 0) is 4.79 Å². The number of rotatable bonds is 3. The minimum Gasteiger partial charge on any atom is -0.393 e. The van der Waals surface area contributed by atoms with Crippen molar-refractivity contribution >= 4 is 23.1 Å². The average molecular weight is 227 g/mol. The van der Waals surface area contributed by atoms with Gasteiger partial charge in [0.2, 0.25) is 5.91 Å². The van der Waals surface area contributed by atoms with Crippen molar-refractivity contribution in [1.82, 2.24) is 10.2 Å². The van der Waals surface area contributed by atoms with Crippen LogP contribution in [-0.4, -0.2) is 41.0 Å². The predicted octanol–water partition coefficient (Wildman–Crippen LogP) is 0.0155.